The van der Waals surface area contributed by atoms with Crippen molar-refractivity contribution in [2.24, 2.45) is 8.80 Å². The third kappa shape index (κ3) is 4.46. The van der Waals surface area contributed by atoms with Gasteiger partial charge in [-0.05, 0) is 37.6 Å². The maximum Gasteiger partial charge on any atom is 0.367 e. The largest absolute Gasteiger partial charge is 0.505 e. The van der Waals surface area contributed by atoms with E-state index in [9.17, 15) is 18.3 Å². The Balaban J connectivity index is 1.89. The molecule has 1 unspecified atom stereocenters. The van der Waals surface area contributed by atoms with E-state index in [2.05, 4.69) is 19.4 Å². The molecule has 0 saturated heterocycles. The first-order valence-corrected chi connectivity index (χ1v) is 10.6. The zero-order chi connectivity index (χ0) is 22.1. The average Bonchev–Trinajstić information content (AvgIpc) is 3.23. The fourth-order valence-electron chi connectivity index (χ4n) is 2.88. The molecule has 3 rings (SSSR count). The molecule has 0 fully saturated rings. The normalized spacial score (nSPS) is 15.9. The highest BCUT2D eigenvalue weighted by Crippen LogP contribution is 2.29. The Bertz CT molecular complexity index is 1130. The summed E-state index contributed by atoms with van der Waals surface area (Å²) in [5.41, 5.74) is 0.185. The number of nitrogens with one attached hydrogen (secondary N) is 2. The van der Waals surface area contributed by atoms with Crippen molar-refractivity contribution in [2.75, 3.05) is 19.4 Å². The molecule has 1 aromatic carbocycles. The van der Waals surface area contributed by atoms with Gasteiger partial charge in [-0.1, -0.05) is 13.0 Å². The summed E-state index contributed by atoms with van der Waals surface area (Å²) in [5.74, 6) is 0.522. The van der Waals surface area contributed by atoms with Crippen molar-refractivity contribution < 1.29 is 22.7 Å². The summed E-state index contributed by atoms with van der Waals surface area (Å²) in [6.07, 6.45) is 0.595. The number of amides is 1. The second-order valence-electron chi connectivity index (χ2n) is 6.91. The Hall–Kier alpha value is -3.34. The van der Waals surface area contributed by atoms with Gasteiger partial charge in [-0.2, -0.15) is 8.42 Å². The zero-order valence-electron chi connectivity index (χ0n) is 17.0. The fraction of sp³-hybridized carbons (Fsp3) is 0.316. The van der Waals surface area contributed by atoms with Crippen LogP contribution in [0, 0.1) is 6.92 Å². The lowest BCUT2D eigenvalue weighted by Crippen LogP contribution is -2.36. The number of hydrogen-bond donors (Lipinski definition) is 3. The highest BCUT2D eigenvalue weighted by molar-refractivity contribution is 7.89. The Kier molecular flexibility index (Phi) is 5.83. The smallest absolute Gasteiger partial charge is 0.367 e. The first-order valence-electron chi connectivity index (χ1n) is 9.20. The molecule has 1 aromatic heterocycles. The molecule has 2 aromatic rings. The van der Waals surface area contributed by atoms with E-state index in [1.165, 1.54) is 17.0 Å². The number of phenolic OH excluding ortho intramolecular Hbond substituents is 1. The summed E-state index contributed by atoms with van der Waals surface area (Å²) in [5, 5.41) is 16.3. The number of carbonyl (C=O) groups is 1. The van der Waals surface area contributed by atoms with E-state index in [0.29, 0.717) is 12.2 Å². The van der Waals surface area contributed by atoms with E-state index in [1.807, 2.05) is 19.9 Å². The van der Waals surface area contributed by atoms with Gasteiger partial charge in [-0.15, -0.1) is 8.80 Å². The van der Waals surface area contributed by atoms with Gasteiger partial charge in [0.2, 0.25) is 0 Å². The van der Waals surface area contributed by atoms with E-state index in [4.69, 9.17) is 4.42 Å². The second-order valence-corrected chi connectivity index (χ2v) is 8.17. The number of anilines is 1. The number of hydrogen-bond acceptors (Lipinski definition) is 7. The van der Waals surface area contributed by atoms with Crippen LogP contribution in [0.5, 0.6) is 5.75 Å². The number of aromatic hydroxyl groups is 1. The summed E-state index contributed by atoms with van der Waals surface area (Å²) in [7, 11) is -0.963. The Morgan fingerprint density at radius 2 is 1.90 bits per heavy atom. The highest BCUT2D eigenvalue weighted by atomic mass is 32.2. The number of carbonyl (C=O) groups excluding carboxylic acids is 1. The number of benzene rings is 1. The Morgan fingerprint density at radius 3 is 2.50 bits per heavy atom. The maximum atomic E-state index is 12.2. The average molecular weight is 433 g/mol. The Labute approximate surface area is 174 Å². The highest BCUT2D eigenvalue weighted by Gasteiger charge is 2.28. The van der Waals surface area contributed by atoms with Gasteiger partial charge in [0.25, 0.3) is 5.91 Å². The minimum Gasteiger partial charge on any atom is -0.505 e. The molecular formula is C19H23N5O5S. The van der Waals surface area contributed by atoms with Crippen LogP contribution in [0.3, 0.4) is 0 Å². The van der Waals surface area contributed by atoms with Crippen LogP contribution in [0.1, 0.15) is 41.3 Å². The monoisotopic (exact) mass is 433 g/mol. The number of para-hydroxylation sites is 1. The molecule has 0 bridgehead atoms. The molecule has 0 radical (unpaired) electrons. The van der Waals surface area contributed by atoms with Crippen molar-refractivity contribution in [3.63, 3.8) is 0 Å². The van der Waals surface area contributed by atoms with Crippen molar-refractivity contribution in [2.45, 2.75) is 26.3 Å². The number of nitrogens with zero attached hydrogens (tertiary/aromatic N) is 3. The topological polar surface area (TPSA) is 137 Å². The van der Waals surface area contributed by atoms with Crippen molar-refractivity contribution in [1.82, 2.24) is 10.2 Å². The number of amidine groups is 2. The molecule has 2 heterocycles. The van der Waals surface area contributed by atoms with Gasteiger partial charge < -0.3 is 25.1 Å². The number of phenols is 1. The van der Waals surface area contributed by atoms with Crippen LogP contribution in [0.25, 0.3) is 0 Å². The van der Waals surface area contributed by atoms with Gasteiger partial charge in [0, 0.05) is 14.1 Å². The quantitative estimate of drug-likeness (QED) is 0.615. The van der Waals surface area contributed by atoms with Gasteiger partial charge in [0.1, 0.15) is 11.5 Å². The second kappa shape index (κ2) is 8.19. The van der Waals surface area contributed by atoms with Crippen LogP contribution >= 0.6 is 0 Å². The first kappa shape index (κ1) is 21.4. The molecule has 1 aliphatic heterocycles. The predicted octanol–water partition coefficient (Wildman–Crippen LogP) is 2.20. The SMILES string of the molecule is CCC(NC1=NS(=O)(=O)N=C1Nc1cccc(C(=O)N(C)C)c1O)c1ccc(C)o1. The minimum atomic E-state index is -4.08. The van der Waals surface area contributed by atoms with E-state index in [0.717, 1.165) is 5.76 Å². The maximum absolute atomic E-state index is 12.2. The molecule has 3 N–H and O–H groups in total. The molecule has 30 heavy (non-hydrogen) atoms. The lowest BCUT2D eigenvalue weighted by molar-refractivity contribution is 0.0824. The predicted molar refractivity (Wildman–Crippen MR) is 113 cm³/mol. The van der Waals surface area contributed by atoms with Crippen LogP contribution in [0.15, 0.2) is 43.5 Å². The summed E-state index contributed by atoms with van der Waals surface area (Å²) in [6.45, 7) is 3.72. The van der Waals surface area contributed by atoms with Crippen molar-refractivity contribution in [3.05, 3.63) is 47.4 Å². The molecule has 10 nitrogen and oxygen atoms in total. The van der Waals surface area contributed by atoms with Gasteiger partial charge in [-0.25, -0.2) is 0 Å². The molecule has 1 atom stereocenters. The number of furan rings is 1. The minimum absolute atomic E-state index is 0.0142. The fourth-order valence-corrected chi connectivity index (χ4v) is 3.65. The molecular weight excluding hydrogens is 410 g/mol. The van der Waals surface area contributed by atoms with Crippen molar-refractivity contribution >= 4 is 33.5 Å². The van der Waals surface area contributed by atoms with Crippen LogP contribution in [0.4, 0.5) is 5.69 Å². The van der Waals surface area contributed by atoms with Crippen LogP contribution in [0.2, 0.25) is 0 Å². The van der Waals surface area contributed by atoms with E-state index in [1.54, 1.807) is 26.2 Å². The molecule has 0 saturated carbocycles. The third-order valence-electron chi connectivity index (χ3n) is 4.39. The van der Waals surface area contributed by atoms with Crippen molar-refractivity contribution in [1.29, 1.82) is 0 Å². The van der Waals surface area contributed by atoms with E-state index in [-0.39, 0.29) is 34.7 Å². The van der Waals surface area contributed by atoms with Crippen molar-refractivity contribution in [3.8, 4) is 5.75 Å². The van der Waals surface area contributed by atoms with Crippen LogP contribution < -0.4 is 10.6 Å². The lowest BCUT2D eigenvalue weighted by atomic mass is 10.1. The molecule has 1 aliphatic rings. The molecule has 160 valence electrons. The van der Waals surface area contributed by atoms with Gasteiger partial charge in [-0.3, -0.25) is 4.79 Å². The number of aryl methyl sites for hydroxylation is 1. The van der Waals surface area contributed by atoms with Gasteiger partial charge in [0.05, 0.1) is 17.3 Å². The lowest BCUT2D eigenvalue weighted by Gasteiger charge is -2.18. The molecule has 0 spiro atoms. The van der Waals surface area contributed by atoms with E-state index >= 15 is 0 Å². The molecule has 11 heteroatoms. The zero-order valence-corrected chi connectivity index (χ0v) is 17.8. The number of rotatable bonds is 5. The van der Waals surface area contributed by atoms with Crippen LogP contribution in [-0.2, 0) is 10.2 Å². The van der Waals surface area contributed by atoms with Gasteiger partial charge >= 0.3 is 10.2 Å². The summed E-state index contributed by atoms with van der Waals surface area (Å²) < 4.78 is 36.9. The summed E-state index contributed by atoms with van der Waals surface area (Å²) in [4.78, 5) is 13.6. The summed E-state index contributed by atoms with van der Waals surface area (Å²) in [6, 6.07) is 7.80. The molecule has 1 amide bonds. The van der Waals surface area contributed by atoms with Crippen LogP contribution in [-0.4, -0.2) is 50.1 Å². The first-order chi connectivity index (χ1) is 14.1. The standard InChI is InChI=1S/C19H23N5O5S/c1-5-13(15-10-9-11(2)29-15)20-17-18(23-30(27,28)22-17)21-14-8-6-7-12(16(14)25)19(26)24(3)4/h6-10,13,25H,5H2,1-4H3,(H,20,22)(H,21,23). The van der Waals surface area contributed by atoms with E-state index < -0.39 is 16.1 Å². The third-order valence-corrected chi connectivity index (χ3v) is 5.21. The molecule has 0 aliphatic carbocycles. The summed E-state index contributed by atoms with van der Waals surface area (Å²) >= 11 is 0. The van der Waals surface area contributed by atoms with Gasteiger partial charge in [0.15, 0.2) is 17.4 Å². The Morgan fingerprint density at radius 1 is 1.20 bits per heavy atom.